The first-order valence-corrected chi connectivity index (χ1v) is 5.23. The van der Waals surface area contributed by atoms with Gasteiger partial charge in [-0.2, -0.15) is 5.10 Å². The minimum atomic E-state index is -1.04. The van der Waals surface area contributed by atoms with Crippen molar-refractivity contribution in [2.24, 2.45) is 5.10 Å². The fourth-order valence-electron chi connectivity index (χ4n) is 1.03. The van der Waals surface area contributed by atoms with Crippen molar-refractivity contribution in [1.82, 2.24) is 10.4 Å². The van der Waals surface area contributed by atoms with Gasteiger partial charge >= 0.3 is 12.1 Å². The topological polar surface area (TPSA) is 104 Å². The van der Waals surface area contributed by atoms with E-state index in [0.29, 0.717) is 5.49 Å². The third-order valence-electron chi connectivity index (χ3n) is 1.71. The van der Waals surface area contributed by atoms with Gasteiger partial charge < -0.3 is 14.8 Å². The van der Waals surface area contributed by atoms with E-state index in [1.54, 1.807) is 20.8 Å². The summed E-state index contributed by atoms with van der Waals surface area (Å²) in [6, 6.07) is 2.80. The number of carboxylic acids is 1. The summed E-state index contributed by atoms with van der Waals surface area (Å²) in [5.74, 6) is -1.04. The number of carbonyl (C=O) groups is 2. The lowest BCUT2D eigenvalue weighted by Gasteiger charge is -2.18. The molecule has 0 saturated heterocycles. The molecular weight excluding hydrogens is 238 g/mol. The maximum absolute atomic E-state index is 11.3. The number of aromatic carboxylic acids is 1. The molecule has 0 aromatic carbocycles. The van der Waals surface area contributed by atoms with E-state index in [2.05, 4.69) is 15.5 Å². The number of H-pyrrole nitrogens is 1. The highest BCUT2D eigenvalue weighted by Crippen LogP contribution is 2.05. The van der Waals surface area contributed by atoms with Crippen molar-refractivity contribution in [2.45, 2.75) is 26.4 Å². The number of carboxylic acid groups (broad SMARTS) is 1. The Morgan fingerprint density at radius 3 is 2.50 bits per heavy atom. The molecule has 1 rings (SSSR count). The van der Waals surface area contributed by atoms with Crippen LogP contribution in [0, 0.1) is 0 Å². The lowest BCUT2D eigenvalue weighted by Crippen LogP contribution is -2.31. The van der Waals surface area contributed by atoms with Crippen LogP contribution in [-0.2, 0) is 4.74 Å². The van der Waals surface area contributed by atoms with E-state index in [0.717, 1.165) is 0 Å². The second kappa shape index (κ2) is 5.35. The van der Waals surface area contributed by atoms with E-state index in [1.165, 1.54) is 18.3 Å². The van der Waals surface area contributed by atoms with Crippen molar-refractivity contribution in [1.29, 1.82) is 0 Å². The van der Waals surface area contributed by atoms with Gasteiger partial charge in [0.1, 0.15) is 11.1 Å². The van der Waals surface area contributed by atoms with Gasteiger partial charge in [0.05, 0.1) is 5.56 Å². The van der Waals surface area contributed by atoms with Gasteiger partial charge in [0.25, 0.3) is 0 Å². The SMILES string of the molecule is CC(C)(C)OC(=O)N/N=c1/ccc(C(=O)O)c[nH]1. The smallest absolute Gasteiger partial charge is 0.428 e. The molecule has 0 aliphatic carbocycles. The fourth-order valence-corrected chi connectivity index (χ4v) is 1.03. The molecule has 7 heteroatoms. The summed E-state index contributed by atoms with van der Waals surface area (Å²) in [7, 11) is 0. The molecule has 3 N–H and O–H groups in total. The van der Waals surface area contributed by atoms with E-state index in [4.69, 9.17) is 9.84 Å². The third-order valence-corrected chi connectivity index (χ3v) is 1.71. The van der Waals surface area contributed by atoms with Gasteiger partial charge in [0.2, 0.25) is 0 Å². The van der Waals surface area contributed by atoms with Gasteiger partial charge in [0.15, 0.2) is 0 Å². The summed E-state index contributed by atoms with van der Waals surface area (Å²) in [6.45, 7) is 5.21. The number of nitrogens with one attached hydrogen (secondary N) is 2. The van der Waals surface area contributed by atoms with E-state index in [-0.39, 0.29) is 5.56 Å². The van der Waals surface area contributed by atoms with E-state index in [9.17, 15) is 9.59 Å². The molecule has 0 atom stereocenters. The number of hydrogen-bond donors (Lipinski definition) is 3. The second-order valence-electron chi connectivity index (χ2n) is 4.49. The van der Waals surface area contributed by atoms with Crippen molar-refractivity contribution >= 4 is 12.1 Å². The Labute approximate surface area is 103 Å². The fraction of sp³-hybridized carbons (Fsp3) is 0.364. The predicted octanol–water partition coefficient (Wildman–Crippen LogP) is 1.05. The van der Waals surface area contributed by atoms with Gasteiger partial charge in [0, 0.05) is 6.20 Å². The summed E-state index contributed by atoms with van der Waals surface area (Å²) in [4.78, 5) is 24.5. The minimum absolute atomic E-state index is 0.103. The van der Waals surface area contributed by atoms with Crippen LogP contribution in [0.15, 0.2) is 23.4 Å². The molecule has 98 valence electrons. The van der Waals surface area contributed by atoms with Crippen LogP contribution in [0.4, 0.5) is 4.79 Å². The molecule has 0 saturated carbocycles. The Balaban J connectivity index is 2.68. The highest BCUT2D eigenvalue weighted by Gasteiger charge is 2.15. The van der Waals surface area contributed by atoms with Crippen LogP contribution < -0.4 is 10.9 Å². The molecule has 0 radical (unpaired) electrons. The standard InChI is InChI=1S/C11H15N3O4/c1-11(2,3)18-10(17)14-13-8-5-4-7(6-12-8)9(15)16/h4-6H,1-3H3,(H,12,13)(H,14,17)(H,15,16). The predicted molar refractivity (Wildman–Crippen MR) is 62.7 cm³/mol. The third kappa shape index (κ3) is 4.69. The first kappa shape index (κ1) is 13.8. The molecule has 0 bridgehead atoms. The molecule has 0 unspecified atom stereocenters. The molecule has 0 fully saturated rings. The number of aromatic amines is 1. The number of amides is 1. The van der Waals surface area contributed by atoms with Gasteiger partial charge in [-0.3, -0.25) is 0 Å². The van der Waals surface area contributed by atoms with E-state index >= 15 is 0 Å². The van der Waals surface area contributed by atoms with Crippen LogP contribution in [0.25, 0.3) is 0 Å². The molecule has 18 heavy (non-hydrogen) atoms. The second-order valence-corrected chi connectivity index (χ2v) is 4.49. The number of carbonyl (C=O) groups excluding carboxylic acids is 1. The van der Waals surface area contributed by atoms with Crippen LogP contribution in [0.2, 0.25) is 0 Å². The van der Waals surface area contributed by atoms with Crippen molar-refractivity contribution in [3.8, 4) is 0 Å². The Morgan fingerprint density at radius 1 is 1.39 bits per heavy atom. The first-order valence-electron chi connectivity index (χ1n) is 5.23. The number of rotatable bonds is 2. The van der Waals surface area contributed by atoms with Crippen molar-refractivity contribution in [3.63, 3.8) is 0 Å². The molecule has 1 aromatic rings. The summed E-state index contributed by atoms with van der Waals surface area (Å²) in [5.41, 5.74) is 2.00. The Kier molecular flexibility index (Phi) is 4.09. The normalized spacial score (nSPS) is 12.1. The van der Waals surface area contributed by atoms with E-state index in [1.807, 2.05) is 0 Å². The molecule has 1 amide bonds. The zero-order chi connectivity index (χ0) is 13.8. The minimum Gasteiger partial charge on any atom is -0.478 e. The van der Waals surface area contributed by atoms with Gasteiger partial charge in [-0.05, 0) is 32.9 Å². The Bertz CT molecular complexity index is 493. The molecule has 1 heterocycles. The highest BCUT2D eigenvalue weighted by molar-refractivity contribution is 5.86. The molecule has 0 aliphatic heterocycles. The Hall–Kier alpha value is -2.31. The number of nitrogens with zero attached hydrogens (tertiary/aromatic N) is 1. The van der Waals surface area contributed by atoms with Crippen LogP contribution in [0.3, 0.4) is 0 Å². The summed E-state index contributed by atoms with van der Waals surface area (Å²) < 4.78 is 4.97. The van der Waals surface area contributed by atoms with Crippen LogP contribution >= 0.6 is 0 Å². The quantitative estimate of drug-likeness (QED) is 0.685. The van der Waals surface area contributed by atoms with Gasteiger partial charge in [-0.25, -0.2) is 15.0 Å². The number of pyridine rings is 1. The van der Waals surface area contributed by atoms with Gasteiger partial charge in [-0.15, -0.1) is 0 Å². The summed E-state index contributed by atoms with van der Waals surface area (Å²) in [5, 5.41) is 12.4. The average Bonchev–Trinajstić information content (AvgIpc) is 2.24. The zero-order valence-electron chi connectivity index (χ0n) is 10.4. The molecular formula is C11H15N3O4. The van der Waals surface area contributed by atoms with Gasteiger partial charge in [-0.1, -0.05) is 0 Å². The Morgan fingerprint density at radius 2 is 2.06 bits per heavy atom. The average molecular weight is 253 g/mol. The maximum Gasteiger partial charge on any atom is 0.428 e. The zero-order valence-corrected chi connectivity index (χ0v) is 10.4. The molecule has 1 aromatic heterocycles. The number of ether oxygens (including phenoxy) is 1. The van der Waals surface area contributed by atoms with Crippen LogP contribution in [0.5, 0.6) is 0 Å². The summed E-state index contributed by atoms with van der Waals surface area (Å²) in [6.07, 6.45) is 0.594. The van der Waals surface area contributed by atoms with Crippen molar-refractivity contribution < 1.29 is 19.4 Å². The lowest BCUT2D eigenvalue weighted by molar-refractivity contribution is 0.0525. The lowest BCUT2D eigenvalue weighted by atomic mass is 10.2. The van der Waals surface area contributed by atoms with Crippen molar-refractivity contribution in [2.75, 3.05) is 0 Å². The largest absolute Gasteiger partial charge is 0.478 e. The molecule has 0 aliphatic rings. The maximum atomic E-state index is 11.3. The monoisotopic (exact) mass is 253 g/mol. The summed E-state index contributed by atoms with van der Waals surface area (Å²) >= 11 is 0. The van der Waals surface area contributed by atoms with Crippen LogP contribution in [0.1, 0.15) is 31.1 Å². The number of aromatic nitrogens is 1. The molecule has 7 nitrogen and oxygen atoms in total. The first-order chi connectivity index (χ1) is 8.28. The molecule has 0 spiro atoms. The van der Waals surface area contributed by atoms with Crippen molar-refractivity contribution in [3.05, 3.63) is 29.4 Å². The number of hydrogen-bond acceptors (Lipinski definition) is 4. The highest BCUT2D eigenvalue weighted by atomic mass is 16.6. The van der Waals surface area contributed by atoms with E-state index < -0.39 is 17.7 Å². The van der Waals surface area contributed by atoms with Crippen LogP contribution in [-0.4, -0.2) is 27.8 Å².